The number of carbonyl (C=O) groups excluding carboxylic acids is 2. The fourth-order valence-corrected chi connectivity index (χ4v) is 8.26. The lowest BCUT2D eigenvalue weighted by atomic mass is 10.1. The van der Waals surface area contributed by atoms with Crippen LogP contribution in [0.1, 0.15) is 213 Å². The summed E-state index contributed by atoms with van der Waals surface area (Å²) in [5.74, 6) is -0.635. The van der Waals surface area contributed by atoms with E-state index in [-0.39, 0.29) is 37.9 Å². The molecule has 0 aromatic rings. The van der Waals surface area contributed by atoms with Gasteiger partial charge in [0.2, 0.25) is 5.91 Å². The number of hydrogen-bond acceptors (Lipinski definition) is 6. The summed E-state index contributed by atoms with van der Waals surface area (Å²) in [6, 6.07) is -0.904. The van der Waals surface area contributed by atoms with Crippen molar-refractivity contribution < 1.29 is 37.3 Å². The number of amides is 1. The number of quaternary nitrogens is 1. The van der Waals surface area contributed by atoms with Gasteiger partial charge < -0.3 is 19.4 Å². The van der Waals surface area contributed by atoms with E-state index in [9.17, 15) is 19.0 Å². The van der Waals surface area contributed by atoms with Gasteiger partial charge in [0.25, 0.3) is 0 Å². The molecule has 3 unspecified atom stereocenters. The molecule has 0 bridgehead atoms. The van der Waals surface area contributed by atoms with Gasteiger partial charge in [0, 0.05) is 12.8 Å². The van der Waals surface area contributed by atoms with Crippen molar-refractivity contribution in [2.24, 2.45) is 0 Å². The van der Waals surface area contributed by atoms with Crippen LogP contribution in [-0.4, -0.2) is 74.3 Å². The number of phosphoric ester groups is 1. The lowest BCUT2D eigenvalue weighted by molar-refractivity contribution is -0.870. The van der Waals surface area contributed by atoms with Gasteiger partial charge in [-0.2, -0.15) is 0 Å². The Hall–Kier alpha value is -3.85. The topological polar surface area (TPSA) is 111 Å². The van der Waals surface area contributed by atoms with Crippen molar-refractivity contribution in [1.29, 1.82) is 0 Å². The van der Waals surface area contributed by atoms with Crippen molar-refractivity contribution in [3.8, 4) is 0 Å². The normalized spacial score (nSPS) is 14.7. The molecule has 0 spiro atoms. The number of carbonyl (C=O) groups is 2. The summed E-state index contributed by atoms with van der Waals surface area (Å²) >= 11 is 0. The minimum absolute atomic E-state index is 0.0153. The van der Waals surface area contributed by atoms with Crippen LogP contribution >= 0.6 is 7.82 Å². The molecule has 0 saturated heterocycles. The molecule has 10 heteroatoms. The van der Waals surface area contributed by atoms with Crippen LogP contribution in [0.2, 0.25) is 0 Å². The SMILES string of the molecule is CC/C=C\C/C=C\C/C=C\C/C=C\C/C=C\C/C=C\CCCCC(=O)OC(/C=C/CCCCCCCCCCC)C(COP(=O)(O)OCC[N+](C)(C)C)NC(=O)CCC/C=C\C/C=C\C/C=C\C/C=C\CCCCC. The average molecular weight is 1060 g/mol. The Bertz CT molecular complexity index is 1740. The van der Waals surface area contributed by atoms with Gasteiger partial charge in [-0.25, -0.2) is 4.57 Å². The van der Waals surface area contributed by atoms with Gasteiger partial charge in [-0.15, -0.1) is 0 Å². The number of esters is 1. The lowest BCUT2D eigenvalue weighted by Gasteiger charge is -2.27. The molecular weight excluding hydrogens is 952 g/mol. The third kappa shape index (κ3) is 54.7. The second-order valence-corrected chi connectivity index (χ2v) is 21.9. The van der Waals surface area contributed by atoms with Gasteiger partial charge >= 0.3 is 13.8 Å². The molecule has 0 aliphatic carbocycles. The summed E-state index contributed by atoms with van der Waals surface area (Å²) < 4.78 is 30.5. The predicted octanol–water partition coefficient (Wildman–Crippen LogP) is 18.1. The molecule has 2 N–H and O–H groups in total. The molecule has 426 valence electrons. The van der Waals surface area contributed by atoms with Crippen LogP contribution in [0.15, 0.2) is 134 Å². The van der Waals surface area contributed by atoms with E-state index in [4.69, 9.17) is 13.8 Å². The third-order valence-electron chi connectivity index (χ3n) is 12.1. The first kappa shape index (κ1) is 71.2. The number of nitrogens with zero attached hydrogens (tertiary/aromatic N) is 1. The highest BCUT2D eigenvalue weighted by molar-refractivity contribution is 7.47. The second-order valence-electron chi connectivity index (χ2n) is 20.4. The van der Waals surface area contributed by atoms with E-state index in [1.165, 1.54) is 70.6 Å². The Labute approximate surface area is 460 Å². The number of likely N-dealkylation sites (N-methyl/N-ethyl adjacent to an activating group) is 1. The molecule has 0 rings (SSSR count). The van der Waals surface area contributed by atoms with E-state index in [2.05, 4.69) is 148 Å². The molecule has 3 atom stereocenters. The Morgan fingerprint density at radius 1 is 0.480 bits per heavy atom. The number of hydrogen-bond donors (Lipinski definition) is 2. The third-order valence-corrected chi connectivity index (χ3v) is 13.1. The summed E-state index contributed by atoms with van der Waals surface area (Å²) in [6.07, 6.45) is 76.1. The van der Waals surface area contributed by atoms with E-state index in [1.54, 1.807) is 0 Å². The highest BCUT2D eigenvalue weighted by atomic mass is 31.2. The summed E-state index contributed by atoms with van der Waals surface area (Å²) in [6.45, 7) is 6.76. The lowest BCUT2D eigenvalue weighted by Crippen LogP contribution is -2.47. The minimum Gasteiger partial charge on any atom is -0.456 e. The molecule has 9 nitrogen and oxygen atoms in total. The Morgan fingerprint density at radius 2 is 0.867 bits per heavy atom. The van der Waals surface area contributed by atoms with Crippen LogP contribution in [0.4, 0.5) is 0 Å². The first-order valence-corrected chi connectivity index (χ1v) is 31.0. The first-order valence-electron chi connectivity index (χ1n) is 29.5. The minimum atomic E-state index is -4.48. The quantitative estimate of drug-likeness (QED) is 0.0205. The van der Waals surface area contributed by atoms with Gasteiger partial charge in [0.15, 0.2) is 0 Å². The zero-order valence-electron chi connectivity index (χ0n) is 48.5. The highest BCUT2D eigenvalue weighted by Crippen LogP contribution is 2.43. The molecule has 0 aromatic heterocycles. The van der Waals surface area contributed by atoms with E-state index >= 15 is 0 Å². The van der Waals surface area contributed by atoms with Crippen molar-refractivity contribution in [3.63, 3.8) is 0 Å². The van der Waals surface area contributed by atoms with Gasteiger partial charge in [-0.1, -0.05) is 213 Å². The van der Waals surface area contributed by atoms with Crippen molar-refractivity contribution in [2.75, 3.05) is 40.9 Å². The molecule has 0 aliphatic heterocycles. The fourth-order valence-electron chi connectivity index (χ4n) is 7.52. The van der Waals surface area contributed by atoms with Crippen LogP contribution in [-0.2, 0) is 27.9 Å². The standard InChI is InChI=1S/C65H109N2O7P/c1-7-10-13-16-19-22-25-27-29-31-32-33-34-36-38-40-43-46-49-52-55-58-65(69)74-63(56-53-50-47-44-41-24-21-18-15-12-9-3)62(61-73-75(70,71)72-60-59-67(4,5)6)66-64(68)57-54-51-48-45-42-39-37-35-30-28-26-23-20-17-14-11-8-2/h10,13,19-20,22-23,27-30,32-33,36-39,43,45-46,48,53,56,62-63H,7-9,11-12,14-18,21,24-26,31,34-35,40-42,44,47,49-52,54-55,57-61H2,1-6H3,(H-,66,68,70,71)/p+1/b13-10-,22-19-,23-20-,29-27-,30-28-,33-32-,38-36-,39-37-,46-43-,48-45-,56-53+. The Kier molecular flexibility index (Phi) is 50.8. The molecule has 0 radical (unpaired) electrons. The largest absolute Gasteiger partial charge is 0.472 e. The van der Waals surface area contributed by atoms with E-state index in [0.29, 0.717) is 23.9 Å². The van der Waals surface area contributed by atoms with Crippen LogP contribution in [0.3, 0.4) is 0 Å². The van der Waals surface area contributed by atoms with Crippen LogP contribution in [0.25, 0.3) is 0 Å². The van der Waals surface area contributed by atoms with Crippen molar-refractivity contribution >= 4 is 19.7 Å². The zero-order chi connectivity index (χ0) is 55.0. The van der Waals surface area contributed by atoms with Gasteiger partial charge in [-0.3, -0.25) is 18.6 Å². The molecule has 0 aliphatic rings. The summed E-state index contributed by atoms with van der Waals surface area (Å²) in [5.41, 5.74) is 0. The number of unbranched alkanes of at least 4 members (excludes halogenated alkanes) is 15. The van der Waals surface area contributed by atoms with Crippen molar-refractivity contribution in [1.82, 2.24) is 5.32 Å². The number of phosphoric acid groups is 1. The summed E-state index contributed by atoms with van der Waals surface area (Å²) in [5, 5.41) is 3.00. The molecular formula is C65H110N2O7P+. The fraction of sp³-hybridized carbons (Fsp3) is 0.631. The highest BCUT2D eigenvalue weighted by Gasteiger charge is 2.30. The van der Waals surface area contributed by atoms with Gasteiger partial charge in [0.05, 0.1) is 33.8 Å². The van der Waals surface area contributed by atoms with Gasteiger partial charge in [-0.05, 0) is 122 Å². The number of allylic oxidation sites excluding steroid dienone is 21. The monoisotopic (exact) mass is 1060 g/mol. The van der Waals surface area contributed by atoms with Gasteiger partial charge in [0.1, 0.15) is 19.3 Å². The summed E-state index contributed by atoms with van der Waals surface area (Å²) in [7, 11) is 1.41. The maximum Gasteiger partial charge on any atom is 0.472 e. The maximum absolute atomic E-state index is 13.5. The zero-order valence-corrected chi connectivity index (χ0v) is 49.4. The van der Waals surface area contributed by atoms with Crippen LogP contribution in [0, 0.1) is 0 Å². The van der Waals surface area contributed by atoms with E-state index in [1.807, 2.05) is 33.3 Å². The van der Waals surface area contributed by atoms with Crippen LogP contribution in [0.5, 0.6) is 0 Å². The molecule has 0 saturated carbocycles. The smallest absolute Gasteiger partial charge is 0.456 e. The second kappa shape index (κ2) is 53.5. The summed E-state index contributed by atoms with van der Waals surface area (Å²) in [4.78, 5) is 37.6. The Balaban J connectivity index is 5.46. The molecule has 1 amide bonds. The first-order chi connectivity index (χ1) is 36.4. The van der Waals surface area contributed by atoms with Crippen LogP contribution < -0.4 is 5.32 Å². The molecule has 0 aromatic carbocycles. The molecule has 75 heavy (non-hydrogen) atoms. The number of rotatable bonds is 51. The Morgan fingerprint density at radius 3 is 1.33 bits per heavy atom. The maximum atomic E-state index is 13.5. The molecule has 0 heterocycles. The van der Waals surface area contributed by atoms with Crippen molar-refractivity contribution in [3.05, 3.63) is 134 Å². The predicted molar refractivity (Wildman–Crippen MR) is 323 cm³/mol. The van der Waals surface area contributed by atoms with E-state index < -0.39 is 20.0 Å². The molecule has 0 fully saturated rings. The van der Waals surface area contributed by atoms with Crippen molar-refractivity contribution in [2.45, 2.75) is 226 Å². The average Bonchev–Trinajstić information content (AvgIpc) is 3.37. The van der Waals surface area contributed by atoms with E-state index in [0.717, 1.165) is 96.3 Å². The number of ether oxygens (including phenoxy) is 1. The number of nitrogens with one attached hydrogen (secondary N) is 1.